The van der Waals surface area contributed by atoms with Crippen LogP contribution in [0.15, 0.2) is 34.4 Å². The van der Waals surface area contributed by atoms with E-state index in [1.54, 1.807) is 0 Å². The van der Waals surface area contributed by atoms with Gasteiger partial charge in [0, 0.05) is 12.5 Å². The Hall–Kier alpha value is -0.350. The van der Waals surface area contributed by atoms with Crippen LogP contribution in [-0.2, 0) is 46.1 Å². The van der Waals surface area contributed by atoms with Crippen LogP contribution >= 0.6 is 0 Å². The zero-order valence-electron chi connectivity index (χ0n) is 19.6. The first kappa shape index (κ1) is 35.2. The van der Waals surface area contributed by atoms with Crippen molar-refractivity contribution in [1.29, 1.82) is 0 Å². The summed E-state index contributed by atoms with van der Waals surface area (Å²) in [7, 11) is -7.83. The molecule has 0 spiro atoms. The summed E-state index contributed by atoms with van der Waals surface area (Å²) in [6.07, 6.45) is 22.2. The molecule has 2 aliphatic rings. The van der Waals surface area contributed by atoms with Crippen LogP contribution in [0.2, 0.25) is 0 Å². The van der Waals surface area contributed by atoms with Gasteiger partial charge in [-0.3, -0.25) is 12.2 Å². The summed E-state index contributed by atoms with van der Waals surface area (Å²) < 4.78 is 54.5. The maximum absolute atomic E-state index is 9.08. The molecule has 0 saturated carbocycles. The molecule has 2 aliphatic carbocycles. The fourth-order valence-corrected chi connectivity index (χ4v) is 2.46. The summed E-state index contributed by atoms with van der Waals surface area (Å²) in [6, 6.07) is 0. The van der Waals surface area contributed by atoms with E-state index >= 15 is 0 Å². The van der Waals surface area contributed by atoms with Crippen LogP contribution in [0, 0.1) is 12.2 Å². The molecular formula is C22H36HfO6S2. The summed E-state index contributed by atoms with van der Waals surface area (Å²) in [6.45, 7) is 8.83. The van der Waals surface area contributed by atoms with Crippen molar-refractivity contribution in [2.75, 3.05) is 12.5 Å². The zero-order valence-corrected chi connectivity index (χ0v) is 24.8. The van der Waals surface area contributed by atoms with Gasteiger partial charge in [-0.25, -0.2) is 39.1 Å². The van der Waals surface area contributed by atoms with Crippen LogP contribution in [0.25, 0.3) is 0 Å². The van der Waals surface area contributed by atoms with Crippen molar-refractivity contribution in [2.24, 2.45) is 0 Å². The Labute approximate surface area is 209 Å². The molecule has 0 atom stereocenters. The van der Waals surface area contributed by atoms with Crippen molar-refractivity contribution in [3.05, 3.63) is 46.6 Å². The van der Waals surface area contributed by atoms with E-state index in [1.165, 1.54) is 60.8 Å². The van der Waals surface area contributed by atoms with Crippen LogP contribution in [0.4, 0.5) is 0 Å². The fourth-order valence-electron chi connectivity index (χ4n) is 2.46. The SMILES string of the molecule is CCCCC1=[C-]CC=C1C.CCCCC1=[C-]CC=C1C.CS(=O)(=O)[O-].CS(=O)(=O)[O-].[Hf+4]. The van der Waals surface area contributed by atoms with Crippen LogP contribution < -0.4 is 0 Å². The third kappa shape index (κ3) is 29.7. The van der Waals surface area contributed by atoms with E-state index < -0.39 is 20.2 Å². The van der Waals surface area contributed by atoms with E-state index in [0.717, 1.165) is 12.8 Å². The number of allylic oxidation sites excluding steroid dienone is 8. The van der Waals surface area contributed by atoms with Gasteiger partial charge in [0.25, 0.3) is 0 Å². The maximum Gasteiger partial charge on any atom is 4.00 e. The van der Waals surface area contributed by atoms with Gasteiger partial charge in [0.15, 0.2) is 0 Å². The van der Waals surface area contributed by atoms with E-state index in [-0.39, 0.29) is 25.8 Å². The van der Waals surface area contributed by atoms with E-state index in [2.05, 4.69) is 52.0 Å². The Bertz CT molecular complexity index is 734. The van der Waals surface area contributed by atoms with E-state index in [1.807, 2.05) is 0 Å². The van der Waals surface area contributed by atoms with Crippen molar-refractivity contribution in [3.8, 4) is 0 Å². The molecule has 0 aromatic carbocycles. The van der Waals surface area contributed by atoms with Crippen LogP contribution in [-0.4, -0.2) is 38.5 Å². The predicted molar refractivity (Wildman–Crippen MR) is 121 cm³/mol. The molecule has 2 rings (SSSR count). The Morgan fingerprint density at radius 2 is 1.03 bits per heavy atom. The Balaban J connectivity index is -0.000000353. The molecule has 0 aromatic rings. The monoisotopic (exact) mass is 640 g/mol. The van der Waals surface area contributed by atoms with E-state index in [4.69, 9.17) is 25.9 Å². The van der Waals surface area contributed by atoms with Gasteiger partial charge in [-0.1, -0.05) is 52.4 Å². The van der Waals surface area contributed by atoms with Gasteiger partial charge < -0.3 is 9.11 Å². The van der Waals surface area contributed by atoms with Crippen LogP contribution in [0.1, 0.15) is 79.1 Å². The molecule has 0 saturated heterocycles. The van der Waals surface area contributed by atoms with Crippen molar-refractivity contribution in [2.45, 2.75) is 79.1 Å². The first-order chi connectivity index (χ1) is 13.7. The second kappa shape index (κ2) is 19.1. The van der Waals surface area contributed by atoms with E-state index in [0.29, 0.717) is 12.5 Å². The number of rotatable bonds is 6. The van der Waals surface area contributed by atoms with E-state index in [9.17, 15) is 0 Å². The van der Waals surface area contributed by atoms with Gasteiger partial charge in [-0.05, 0) is 0 Å². The smallest absolute Gasteiger partial charge is 0.748 e. The minimum Gasteiger partial charge on any atom is -0.748 e. The molecule has 0 bridgehead atoms. The average Bonchev–Trinajstić information content (AvgIpc) is 3.16. The third-order valence-corrected chi connectivity index (χ3v) is 3.96. The Morgan fingerprint density at radius 3 is 1.19 bits per heavy atom. The Kier molecular flexibility index (Phi) is 21.8. The number of hydrogen-bond acceptors (Lipinski definition) is 6. The molecule has 0 aromatic heterocycles. The average molecular weight is 639 g/mol. The molecule has 0 radical (unpaired) electrons. The number of hydrogen-bond donors (Lipinski definition) is 0. The minimum absolute atomic E-state index is 0. The summed E-state index contributed by atoms with van der Waals surface area (Å²) in [5, 5.41) is 0. The molecule has 9 heteroatoms. The molecule has 6 nitrogen and oxygen atoms in total. The summed E-state index contributed by atoms with van der Waals surface area (Å²) >= 11 is 0. The normalized spacial score (nSPS) is 14.7. The third-order valence-electron chi connectivity index (χ3n) is 3.96. The van der Waals surface area contributed by atoms with Crippen molar-refractivity contribution >= 4 is 20.2 Å². The second-order valence-electron chi connectivity index (χ2n) is 7.11. The first-order valence-corrected chi connectivity index (χ1v) is 13.7. The van der Waals surface area contributed by atoms with Gasteiger partial charge in [-0.15, -0.1) is 26.7 Å². The quantitative estimate of drug-likeness (QED) is 0.234. The molecule has 0 heterocycles. The van der Waals surface area contributed by atoms with Crippen LogP contribution in [0.5, 0.6) is 0 Å². The number of unbranched alkanes of at least 4 members (excludes halogenated alkanes) is 2. The molecule has 0 unspecified atom stereocenters. The molecular weight excluding hydrogens is 603 g/mol. The van der Waals surface area contributed by atoms with Crippen molar-refractivity contribution in [1.82, 2.24) is 0 Å². The summed E-state index contributed by atoms with van der Waals surface area (Å²) in [5.74, 6) is 0. The molecule has 31 heavy (non-hydrogen) atoms. The van der Waals surface area contributed by atoms with Gasteiger partial charge in [0.2, 0.25) is 0 Å². The molecule has 0 amide bonds. The van der Waals surface area contributed by atoms with Crippen LogP contribution in [0.3, 0.4) is 0 Å². The van der Waals surface area contributed by atoms with Crippen molar-refractivity contribution in [3.63, 3.8) is 0 Å². The summed E-state index contributed by atoms with van der Waals surface area (Å²) in [5.41, 5.74) is 5.82. The topological polar surface area (TPSA) is 114 Å². The largest absolute Gasteiger partial charge is 4.00 e. The maximum atomic E-state index is 9.08. The minimum atomic E-state index is -3.92. The van der Waals surface area contributed by atoms with Gasteiger partial charge >= 0.3 is 25.8 Å². The molecule has 176 valence electrons. The molecule has 0 fully saturated rings. The molecule has 0 N–H and O–H groups in total. The van der Waals surface area contributed by atoms with Gasteiger partial charge in [0.05, 0.1) is 20.2 Å². The molecule has 0 aliphatic heterocycles. The standard InChI is InChI=1S/2C10H15.2CH4O3S.Hf/c2*1-3-4-7-10-8-5-6-9(10)2;2*1-5(2,3)4;/h2*6H,3-5,7H2,1-2H3;2*1H3,(H,2,3,4);/q2*-1;;;+4/p-2. The fraction of sp³-hybridized carbons (Fsp3) is 0.636. The second-order valence-corrected chi connectivity index (χ2v) is 9.93. The van der Waals surface area contributed by atoms with Gasteiger partial charge in [0.1, 0.15) is 0 Å². The Morgan fingerprint density at radius 1 is 0.774 bits per heavy atom. The van der Waals surface area contributed by atoms with Crippen molar-refractivity contribution < 1.29 is 51.8 Å². The zero-order chi connectivity index (χ0) is 23.8. The first-order valence-electron chi connectivity index (χ1n) is 10.0. The predicted octanol–water partition coefficient (Wildman–Crippen LogP) is 4.83. The summed E-state index contributed by atoms with van der Waals surface area (Å²) in [4.78, 5) is 0. The van der Waals surface area contributed by atoms with Gasteiger partial charge in [-0.2, -0.15) is 12.2 Å².